The number of hydrogen-bond donors (Lipinski definition) is 2. The van der Waals surface area contributed by atoms with E-state index in [1.54, 1.807) is 12.1 Å². The fourth-order valence-corrected chi connectivity index (χ4v) is 4.10. The number of amides is 3. The van der Waals surface area contributed by atoms with E-state index in [4.69, 9.17) is 5.73 Å². The third kappa shape index (κ3) is 3.29. The summed E-state index contributed by atoms with van der Waals surface area (Å²) >= 11 is 0. The minimum Gasteiger partial charge on any atom is -0.366 e. The van der Waals surface area contributed by atoms with E-state index in [1.165, 1.54) is 36.4 Å². The number of carbonyl (C=O) groups excluding carboxylic acids is 3. The Labute approximate surface area is 149 Å². The van der Waals surface area contributed by atoms with E-state index in [0.29, 0.717) is 4.31 Å². The number of rotatable bonds is 4. The Morgan fingerprint density at radius 2 is 1.81 bits per heavy atom. The van der Waals surface area contributed by atoms with Crippen molar-refractivity contribution in [3.8, 4) is 0 Å². The maximum atomic E-state index is 12.5. The molecule has 2 aromatic rings. The van der Waals surface area contributed by atoms with Crippen LogP contribution in [0.25, 0.3) is 0 Å². The molecule has 134 valence electrons. The first-order valence-electron chi connectivity index (χ1n) is 7.66. The van der Waals surface area contributed by atoms with Crippen molar-refractivity contribution in [3.63, 3.8) is 0 Å². The zero-order chi connectivity index (χ0) is 18.9. The van der Waals surface area contributed by atoms with Crippen LogP contribution in [0.3, 0.4) is 0 Å². The van der Waals surface area contributed by atoms with Crippen molar-refractivity contribution >= 4 is 39.1 Å². The fourth-order valence-electron chi connectivity index (χ4n) is 2.64. The summed E-state index contributed by atoms with van der Waals surface area (Å²) in [5.74, 6) is -2.05. The second-order valence-electron chi connectivity index (χ2n) is 5.64. The minimum absolute atomic E-state index is 0.0925. The third-order valence-electron chi connectivity index (χ3n) is 3.86. The van der Waals surface area contributed by atoms with Crippen molar-refractivity contribution in [2.45, 2.75) is 6.42 Å². The van der Waals surface area contributed by atoms with E-state index in [-0.39, 0.29) is 34.7 Å². The second-order valence-corrected chi connectivity index (χ2v) is 7.58. The lowest BCUT2D eigenvalue weighted by Gasteiger charge is -2.16. The number of nitrogens with one attached hydrogen (secondary N) is 1. The lowest BCUT2D eigenvalue weighted by molar-refractivity contribution is -0.116. The molecule has 0 saturated carbocycles. The largest absolute Gasteiger partial charge is 0.366 e. The first kappa shape index (κ1) is 17.6. The highest BCUT2D eigenvalue weighted by atomic mass is 32.2. The molecule has 1 heterocycles. The molecular formula is C17H15N3O5S. The molecule has 1 fully saturated rings. The summed E-state index contributed by atoms with van der Waals surface area (Å²) < 4.78 is 24.7. The fraction of sp³-hybridized carbons (Fsp3) is 0.118. The summed E-state index contributed by atoms with van der Waals surface area (Å²) in [6.07, 6.45) is -0.0925. The zero-order valence-corrected chi connectivity index (χ0v) is 14.3. The van der Waals surface area contributed by atoms with Crippen molar-refractivity contribution < 1.29 is 22.8 Å². The van der Waals surface area contributed by atoms with E-state index in [1.807, 2.05) is 0 Å². The van der Waals surface area contributed by atoms with Crippen LogP contribution < -0.4 is 15.4 Å². The van der Waals surface area contributed by atoms with Crippen LogP contribution >= 0.6 is 0 Å². The molecule has 8 nitrogen and oxygen atoms in total. The maximum absolute atomic E-state index is 12.5. The molecule has 0 radical (unpaired) electrons. The van der Waals surface area contributed by atoms with Gasteiger partial charge in [-0.2, -0.15) is 0 Å². The molecule has 0 unspecified atom stereocenters. The summed E-state index contributed by atoms with van der Waals surface area (Å²) in [5.41, 5.74) is 5.90. The standard InChI is InChI=1S/C17H15N3O5S/c18-16(22)13-6-1-2-7-14(13)19-17(23)11-4-3-5-12(10-11)20-15(21)8-9-26(20,24)25/h1-7,10H,8-9H2,(H2,18,22)(H,19,23). The average molecular weight is 373 g/mol. The van der Waals surface area contributed by atoms with Gasteiger partial charge in [0.25, 0.3) is 11.8 Å². The van der Waals surface area contributed by atoms with Gasteiger partial charge in [-0.05, 0) is 30.3 Å². The monoisotopic (exact) mass is 373 g/mol. The molecule has 0 aliphatic carbocycles. The van der Waals surface area contributed by atoms with Gasteiger partial charge in [0, 0.05) is 12.0 Å². The van der Waals surface area contributed by atoms with Crippen molar-refractivity contribution in [1.82, 2.24) is 0 Å². The summed E-state index contributed by atoms with van der Waals surface area (Å²) in [5, 5.41) is 2.57. The quantitative estimate of drug-likeness (QED) is 0.830. The Morgan fingerprint density at radius 3 is 2.46 bits per heavy atom. The number of anilines is 2. The lowest BCUT2D eigenvalue weighted by atomic mass is 10.1. The van der Waals surface area contributed by atoms with E-state index < -0.39 is 27.7 Å². The molecule has 0 spiro atoms. The zero-order valence-electron chi connectivity index (χ0n) is 13.5. The number of para-hydroxylation sites is 1. The van der Waals surface area contributed by atoms with Gasteiger partial charge in [0.1, 0.15) is 0 Å². The number of sulfonamides is 1. The Kier molecular flexibility index (Phi) is 4.47. The number of carbonyl (C=O) groups is 3. The van der Waals surface area contributed by atoms with Crippen LogP contribution in [0.1, 0.15) is 27.1 Å². The predicted octanol–water partition coefficient (Wildman–Crippen LogP) is 1.10. The van der Waals surface area contributed by atoms with Crippen molar-refractivity contribution in [3.05, 3.63) is 59.7 Å². The smallest absolute Gasteiger partial charge is 0.255 e. The number of hydrogen-bond acceptors (Lipinski definition) is 5. The Bertz CT molecular complexity index is 1020. The first-order valence-corrected chi connectivity index (χ1v) is 9.26. The molecular weight excluding hydrogens is 358 g/mol. The summed E-state index contributed by atoms with van der Waals surface area (Å²) in [6, 6.07) is 11.9. The van der Waals surface area contributed by atoms with Crippen LogP contribution in [-0.2, 0) is 14.8 Å². The molecule has 3 N–H and O–H groups in total. The van der Waals surface area contributed by atoms with Gasteiger partial charge in [0.2, 0.25) is 15.9 Å². The lowest BCUT2D eigenvalue weighted by Crippen LogP contribution is -2.29. The molecule has 0 bridgehead atoms. The van der Waals surface area contributed by atoms with E-state index in [0.717, 1.165) is 0 Å². The number of nitrogens with zero attached hydrogens (tertiary/aromatic N) is 1. The third-order valence-corrected chi connectivity index (χ3v) is 5.55. The minimum atomic E-state index is -3.72. The maximum Gasteiger partial charge on any atom is 0.255 e. The molecule has 1 saturated heterocycles. The Hall–Kier alpha value is -3.20. The molecule has 0 aromatic heterocycles. The Morgan fingerprint density at radius 1 is 1.08 bits per heavy atom. The van der Waals surface area contributed by atoms with Crippen molar-refractivity contribution in [1.29, 1.82) is 0 Å². The van der Waals surface area contributed by atoms with Gasteiger partial charge in [0.15, 0.2) is 0 Å². The van der Waals surface area contributed by atoms with Gasteiger partial charge >= 0.3 is 0 Å². The van der Waals surface area contributed by atoms with E-state index in [2.05, 4.69) is 5.32 Å². The van der Waals surface area contributed by atoms with Gasteiger partial charge in [-0.25, -0.2) is 12.7 Å². The first-order chi connectivity index (χ1) is 12.3. The van der Waals surface area contributed by atoms with Crippen molar-refractivity contribution in [2.75, 3.05) is 15.4 Å². The van der Waals surface area contributed by atoms with E-state index in [9.17, 15) is 22.8 Å². The summed E-state index contributed by atoms with van der Waals surface area (Å²) in [6.45, 7) is 0. The molecule has 1 aliphatic rings. The highest BCUT2D eigenvalue weighted by Gasteiger charge is 2.36. The van der Waals surface area contributed by atoms with Gasteiger partial charge < -0.3 is 11.1 Å². The van der Waals surface area contributed by atoms with Gasteiger partial charge in [-0.3, -0.25) is 14.4 Å². The number of primary amides is 1. The highest BCUT2D eigenvalue weighted by Crippen LogP contribution is 2.26. The SMILES string of the molecule is NC(=O)c1ccccc1NC(=O)c1cccc(N2C(=O)CCS2(=O)=O)c1. The van der Waals surface area contributed by atoms with Gasteiger partial charge in [0.05, 0.1) is 22.7 Å². The highest BCUT2D eigenvalue weighted by molar-refractivity contribution is 7.94. The molecule has 3 amide bonds. The van der Waals surface area contributed by atoms with Gasteiger partial charge in [-0.15, -0.1) is 0 Å². The van der Waals surface area contributed by atoms with Crippen LogP contribution in [-0.4, -0.2) is 31.9 Å². The molecule has 26 heavy (non-hydrogen) atoms. The normalized spacial score (nSPS) is 15.7. The molecule has 3 rings (SSSR count). The van der Waals surface area contributed by atoms with Crippen LogP contribution in [0.5, 0.6) is 0 Å². The Balaban J connectivity index is 1.91. The number of benzene rings is 2. The van der Waals surface area contributed by atoms with Crippen LogP contribution in [0, 0.1) is 0 Å². The number of nitrogens with two attached hydrogens (primary N) is 1. The van der Waals surface area contributed by atoms with Crippen LogP contribution in [0.15, 0.2) is 48.5 Å². The molecule has 0 atom stereocenters. The average Bonchev–Trinajstić information content (AvgIpc) is 2.88. The molecule has 1 aliphatic heterocycles. The molecule has 2 aromatic carbocycles. The molecule has 9 heteroatoms. The van der Waals surface area contributed by atoms with Crippen LogP contribution in [0.2, 0.25) is 0 Å². The topological polar surface area (TPSA) is 127 Å². The summed E-state index contributed by atoms with van der Waals surface area (Å²) in [4.78, 5) is 35.8. The van der Waals surface area contributed by atoms with Crippen molar-refractivity contribution in [2.24, 2.45) is 5.73 Å². The van der Waals surface area contributed by atoms with Crippen LogP contribution in [0.4, 0.5) is 11.4 Å². The predicted molar refractivity (Wildman–Crippen MR) is 95.2 cm³/mol. The van der Waals surface area contributed by atoms with Gasteiger partial charge in [-0.1, -0.05) is 18.2 Å². The second kappa shape index (κ2) is 6.60. The van der Waals surface area contributed by atoms with E-state index >= 15 is 0 Å². The summed E-state index contributed by atoms with van der Waals surface area (Å²) in [7, 11) is -3.72.